The number of nitrogens with zero attached hydrogens (tertiary/aromatic N) is 2. The third-order valence-electron chi connectivity index (χ3n) is 4.17. The number of anilines is 1. The third kappa shape index (κ3) is 4.24. The number of morpholine rings is 1. The molecule has 0 aliphatic carbocycles. The van der Waals surface area contributed by atoms with E-state index in [4.69, 9.17) is 4.74 Å². The normalized spacial score (nSPS) is 21.0. The van der Waals surface area contributed by atoms with Crippen LogP contribution in [0.1, 0.15) is 39.7 Å². The summed E-state index contributed by atoms with van der Waals surface area (Å²) in [6.07, 6.45) is -2.00. The fourth-order valence-electron chi connectivity index (χ4n) is 3.13. The molecule has 25 heavy (non-hydrogen) atoms. The molecule has 138 valence electrons. The third-order valence-corrected chi connectivity index (χ3v) is 4.17. The lowest BCUT2D eigenvalue weighted by Gasteiger charge is -2.38. The Morgan fingerprint density at radius 1 is 1.20 bits per heavy atom. The zero-order valence-electron chi connectivity index (χ0n) is 15.1. The number of alkyl halides is 3. The summed E-state index contributed by atoms with van der Waals surface area (Å²) < 4.78 is 45.4. The molecule has 1 fully saturated rings. The minimum Gasteiger partial charge on any atom is -0.372 e. The first kappa shape index (κ1) is 19.5. The number of rotatable bonds is 2. The topological polar surface area (TPSA) is 25.4 Å². The van der Waals surface area contributed by atoms with Gasteiger partial charge in [0.25, 0.3) is 0 Å². The van der Waals surface area contributed by atoms with Crippen molar-refractivity contribution in [1.29, 1.82) is 0 Å². The smallest absolute Gasteiger partial charge is 0.372 e. The first-order valence-corrected chi connectivity index (χ1v) is 8.75. The summed E-state index contributed by atoms with van der Waals surface area (Å²) in [6.45, 7) is 9.37. The van der Waals surface area contributed by atoms with Gasteiger partial charge in [0.15, 0.2) is 0 Å². The molecule has 3 rings (SSSR count). The monoisotopic (exact) mass is 354 g/mol. The molecular formula is C19H25F3N2O. The molecule has 1 aromatic carbocycles. The Hall–Kier alpha value is -1.82. The van der Waals surface area contributed by atoms with Gasteiger partial charge in [-0.15, -0.1) is 0 Å². The van der Waals surface area contributed by atoms with Crippen molar-refractivity contribution >= 4 is 16.6 Å². The van der Waals surface area contributed by atoms with Crippen LogP contribution in [0, 0.1) is 0 Å². The fourth-order valence-corrected chi connectivity index (χ4v) is 3.13. The highest BCUT2D eigenvalue weighted by atomic mass is 19.4. The molecule has 0 saturated carbocycles. The second kappa shape index (κ2) is 8.04. The second-order valence-electron chi connectivity index (χ2n) is 5.91. The number of halogens is 3. The number of aromatic nitrogens is 1. The quantitative estimate of drug-likeness (QED) is 0.733. The van der Waals surface area contributed by atoms with Gasteiger partial charge < -0.3 is 9.64 Å². The fraction of sp³-hybridized carbons (Fsp3) is 0.526. The standard InChI is InChI=1S/C17H19F3N2O.C2H6/c1-3-12-10-22(9-11(2)23-12)15-7-6-14(17(18,19)20)16-13(15)5-4-8-21-16;1-2/h4-8,11-12H,3,9-10H2,1-2H3;1-2H3/t11-,12+;/m1./s1. The van der Waals surface area contributed by atoms with Crippen LogP contribution < -0.4 is 4.90 Å². The molecule has 0 unspecified atom stereocenters. The molecule has 1 saturated heterocycles. The van der Waals surface area contributed by atoms with Gasteiger partial charge in [-0.25, -0.2) is 0 Å². The molecule has 2 atom stereocenters. The van der Waals surface area contributed by atoms with Crippen LogP contribution in [-0.4, -0.2) is 30.3 Å². The predicted octanol–water partition coefficient (Wildman–Crippen LogP) is 5.28. The molecule has 0 amide bonds. The molecule has 0 spiro atoms. The highest BCUT2D eigenvalue weighted by Gasteiger charge is 2.34. The summed E-state index contributed by atoms with van der Waals surface area (Å²) in [5.41, 5.74) is 0.101. The van der Waals surface area contributed by atoms with E-state index < -0.39 is 11.7 Å². The van der Waals surface area contributed by atoms with E-state index >= 15 is 0 Å². The van der Waals surface area contributed by atoms with Crippen LogP contribution in [0.25, 0.3) is 10.9 Å². The Kier molecular flexibility index (Phi) is 6.27. The molecule has 6 heteroatoms. The Morgan fingerprint density at radius 2 is 1.92 bits per heavy atom. The van der Waals surface area contributed by atoms with Gasteiger partial charge in [-0.3, -0.25) is 4.98 Å². The number of hydrogen-bond acceptors (Lipinski definition) is 3. The van der Waals surface area contributed by atoms with E-state index in [0.717, 1.165) is 18.2 Å². The average molecular weight is 354 g/mol. The van der Waals surface area contributed by atoms with Crippen LogP contribution >= 0.6 is 0 Å². The van der Waals surface area contributed by atoms with E-state index in [1.165, 1.54) is 6.20 Å². The van der Waals surface area contributed by atoms with E-state index in [1.807, 2.05) is 27.7 Å². The molecule has 0 N–H and O–H groups in total. The van der Waals surface area contributed by atoms with Crippen molar-refractivity contribution in [2.75, 3.05) is 18.0 Å². The maximum Gasteiger partial charge on any atom is 0.418 e. The minimum absolute atomic E-state index is 0.00435. The lowest BCUT2D eigenvalue weighted by atomic mass is 10.0. The van der Waals surface area contributed by atoms with Crippen molar-refractivity contribution in [2.45, 2.75) is 52.5 Å². The molecule has 1 aromatic heterocycles. The van der Waals surface area contributed by atoms with E-state index in [9.17, 15) is 13.2 Å². The van der Waals surface area contributed by atoms with Gasteiger partial charge in [-0.2, -0.15) is 13.2 Å². The molecule has 3 nitrogen and oxygen atoms in total. The molecular weight excluding hydrogens is 329 g/mol. The Morgan fingerprint density at radius 3 is 2.56 bits per heavy atom. The van der Waals surface area contributed by atoms with E-state index in [2.05, 4.69) is 9.88 Å². The van der Waals surface area contributed by atoms with Crippen LogP contribution in [0.2, 0.25) is 0 Å². The van der Waals surface area contributed by atoms with Crippen LogP contribution in [0.15, 0.2) is 30.5 Å². The van der Waals surface area contributed by atoms with Crippen molar-refractivity contribution in [3.63, 3.8) is 0 Å². The lowest BCUT2D eigenvalue weighted by Crippen LogP contribution is -2.46. The summed E-state index contributed by atoms with van der Waals surface area (Å²) in [5, 5.41) is 0.534. The van der Waals surface area contributed by atoms with Crippen molar-refractivity contribution in [2.24, 2.45) is 0 Å². The van der Waals surface area contributed by atoms with E-state index in [1.54, 1.807) is 18.2 Å². The van der Waals surface area contributed by atoms with E-state index in [0.29, 0.717) is 18.5 Å². The highest BCUT2D eigenvalue weighted by molar-refractivity contribution is 5.94. The maximum absolute atomic E-state index is 13.2. The number of benzene rings is 1. The van der Waals surface area contributed by atoms with Crippen molar-refractivity contribution in [3.8, 4) is 0 Å². The Labute approximate surface area is 146 Å². The van der Waals surface area contributed by atoms with Gasteiger partial charge in [0.05, 0.1) is 23.3 Å². The molecule has 0 radical (unpaired) electrons. The van der Waals surface area contributed by atoms with Crippen LogP contribution in [0.3, 0.4) is 0 Å². The van der Waals surface area contributed by atoms with Gasteiger partial charge in [0.2, 0.25) is 0 Å². The SMILES string of the molecule is CC.CC[C@H]1CN(c2ccc(C(F)(F)F)c3ncccc23)C[C@@H](C)O1. The first-order valence-electron chi connectivity index (χ1n) is 8.75. The highest BCUT2D eigenvalue weighted by Crippen LogP contribution is 2.38. The van der Waals surface area contributed by atoms with Crippen LogP contribution in [0.4, 0.5) is 18.9 Å². The van der Waals surface area contributed by atoms with Gasteiger partial charge >= 0.3 is 6.18 Å². The predicted molar refractivity (Wildman–Crippen MR) is 94.9 cm³/mol. The minimum atomic E-state index is -4.41. The zero-order chi connectivity index (χ0) is 18.6. The van der Waals surface area contributed by atoms with Crippen molar-refractivity contribution < 1.29 is 17.9 Å². The molecule has 2 aromatic rings. The molecule has 1 aliphatic rings. The van der Waals surface area contributed by atoms with Gasteiger partial charge in [0, 0.05) is 30.4 Å². The summed E-state index contributed by atoms with van der Waals surface area (Å²) in [7, 11) is 0. The Bertz CT molecular complexity index is 703. The average Bonchev–Trinajstić information content (AvgIpc) is 2.61. The van der Waals surface area contributed by atoms with Gasteiger partial charge in [-0.1, -0.05) is 20.8 Å². The Balaban J connectivity index is 0.00000109. The summed E-state index contributed by atoms with van der Waals surface area (Å²) in [4.78, 5) is 6.09. The second-order valence-corrected chi connectivity index (χ2v) is 5.91. The number of fused-ring (bicyclic) bond motifs is 1. The van der Waals surface area contributed by atoms with E-state index in [-0.39, 0.29) is 17.7 Å². The summed E-state index contributed by atoms with van der Waals surface area (Å²) in [5.74, 6) is 0. The number of pyridine rings is 1. The van der Waals surface area contributed by atoms with Crippen molar-refractivity contribution in [3.05, 3.63) is 36.0 Å². The van der Waals surface area contributed by atoms with Gasteiger partial charge in [0.1, 0.15) is 0 Å². The zero-order valence-corrected chi connectivity index (χ0v) is 15.1. The number of hydrogen-bond donors (Lipinski definition) is 0. The van der Waals surface area contributed by atoms with Crippen molar-refractivity contribution in [1.82, 2.24) is 4.98 Å². The molecule has 2 heterocycles. The molecule has 0 bridgehead atoms. The maximum atomic E-state index is 13.2. The summed E-state index contributed by atoms with van der Waals surface area (Å²) >= 11 is 0. The van der Waals surface area contributed by atoms with Crippen LogP contribution in [0.5, 0.6) is 0 Å². The lowest BCUT2D eigenvalue weighted by molar-refractivity contribution is -0.136. The van der Waals surface area contributed by atoms with Crippen LogP contribution in [-0.2, 0) is 10.9 Å². The largest absolute Gasteiger partial charge is 0.418 e. The molecule has 1 aliphatic heterocycles. The number of ether oxygens (including phenoxy) is 1. The van der Waals surface area contributed by atoms with Gasteiger partial charge in [-0.05, 0) is 37.6 Å². The first-order chi connectivity index (χ1) is 11.9. The summed E-state index contributed by atoms with van der Waals surface area (Å²) in [6, 6.07) is 6.06.